The number of benzene rings is 1. The quantitative estimate of drug-likeness (QED) is 0.828. The lowest BCUT2D eigenvalue weighted by atomic mass is 9.85. The molecule has 0 spiro atoms. The summed E-state index contributed by atoms with van der Waals surface area (Å²) < 4.78 is 0. The Morgan fingerprint density at radius 2 is 1.88 bits per heavy atom. The molecule has 0 heterocycles. The second-order valence-electron chi connectivity index (χ2n) is 5.30. The van der Waals surface area contributed by atoms with Gasteiger partial charge in [-0.3, -0.25) is 0 Å². The average Bonchev–Trinajstić information content (AvgIpc) is 2.19. The van der Waals surface area contributed by atoms with Crippen LogP contribution < -0.4 is 5.32 Å². The molecule has 0 aliphatic carbocycles. The molecule has 90 valence electrons. The van der Waals surface area contributed by atoms with Crippen LogP contribution in [0.2, 0.25) is 5.02 Å². The van der Waals surface area contributed by atoms with Gasteiger partial charge in [0.1, 0.15) is 0 Å². The Morgan fingerprint density at radius 3 is 2.38 bits per heavy atom. The van der Waals surface area contributed by atoms with E-state index in [1.54, 1.807) is 0 Å². The number of rotatable bonds is 4. The summed E-state index contributed by atoms with van der Waals surface area (Å²) in [5.41, 5.74) is 1.46. The summed E-state index contributed by atoms with van der Waals surface area (Å²) in [6, 6.07) is 8.53. The second-order valence-corrected chi connectivity index (χ2v) is 5.71. The highest BCUT2D eigenvalue weighted by Gasteiger charge is 2.22. The van der Waals surface area contributed by atoms with Crippen molar-refractivity contribution in [1.29, 1.82) is 0 Å². The van der Waals surface area contributed by atoms with Gasteiger partial charge in [0.2, 0.25) is 0 Å². The molecule has 0 aliphatic heterocycles. The summed E-state index contributed by atoms with van der Waals surface area (Å²) in [5, 5.41) is 4.43. The number of hydrogen-bond acceptors (Lipinski definition) is 1. The van der Waals surface area contributed by atoms with Crippen molar-refractivity contribution in [2.75, 3.05) is 0 Å². The Morgan fingerprint density at radius 1 is 1.25 bits per heavy atom. The maximum Gasteiger partial charge on any atom is 0.0450 e. The minimum atomic E-state index is 0.288. The van der Waals surface area contributed by atoms with Crippen LogP contribution in [0.25, 0.3) is 0 Å². The lowest BCUT2D eigenvalue weighted by molar-refractivity contribution is 0.259. The van der Waals surface area contributed by atoms with Crippen LogP contribution in [0, 0.1) is 5.41 Å². The molecule has 0 aromatic heterocycles. The molecule has 0 amide bonds. The minimum absolute atomic E-state index is 0.288. The molecule has 0 saturated heterocycles. The molecule has 2 heteroatoms. The molecule has 0 bridgehead atoms. The van der Waals surface area contributed by atoms with E-state index in [-0.39, 0.29) is 5.41 Å². The summed E-state index contributed by atoms with van der Waals surface area (Å²) in [5.74, 6) is 0. The molecule has 1 nitrogen and oxygen atoms in total. The third kappa shape index (κ3) is 3.80. The Bertz CT molecular complexity index is 328. The number of hydrogen-bond donors (Lipinski definition) is 1. The van der Waals surface area contributed by atoms with Crippen molar-refractivity contribution >= 4 is 11.6 Å². The molecule has 16 heavy (non-hydrogen) atoms. The van der Waals surface area contributed by atoms with E-state index >= 15 is 0 Å². The first-order chi connectivity index (χ1) is 7.45. The summed E-state index contributed by atoms with van der Waals surface area (Å²) in [7, 11) is 0. The Balaban J connectivity index is 2.60. The Hall–Kier alpha value is -0.530. The van der Waals surface area contributed by atoms with E-state index in [0.717, 1.165) is 18.0 Å². The largest absolute Gasteiger partial charge is 0.309 e. The monoisotopic (exact) mass is 239 g/mol. The summed E-state index contributed by atoms with van der Waals surface area (Å²) in [6.07, 6.45) is 1.13. The van der Waals surface area contributed by atoms with Crippen LogP contribution in [0.5, 0.6) is 0 Å². The van der Waals surface area contributed by atoms with E-state index in [2.05, 4.69) is 39.1 Å². The fourth-order valence-corrected chi connectivity index (χ4v) is 2.14. The zero-order valence-corrected chi connectivity index (χ0v) is 11.4. The standard InChI is InChI=1S/C14H22ClN/c1-5-13(14(2,3)4)16-10-11-8-6-7-9-12(11)15/h6-9,13,16H,5,10H2,1-4H3/t13-/m0/s1. The summed E-state index contributed by atoms with van der Waals surface area (Å²) in [4.78, 5) is 0. The van der Waals surface area contributed by atoms with E-state index < -0.39 is 0 Å². The van der Waals surface area contributed by atoms with Crippen LogP contribution in [-0.2, 0) is 6.54 Å². The van der Waals surface area contributed by atoms with Crippen molar-refractivity contribution in [3.05, 3.63) is 34.9 Å². The van der Waals surface area contributed by atoms with Gasteiger partial charge >= 0.3 is 0 Å². The smallest absolute Gasteiger partial charge is 0.0450 e. The van der Waals surface area contributed by atoms with Gasteiger partial charge in [0.15, 0.2) is 0 Å². The van der Waals surface area contributed by atoms with Crippen LogP contribution in [0.4, 0.5) is 0 Å². The predicted molar refractivity (Wildman–Crippen MR) is 71.8 cm³/mol. The van der Waals surface area contributed by atoms with Crippen LogP contribution >= 0.6 is 11.6 Å². The highest BCUT2D eigenvalue weighted by atomic mass is 35.5. The van der Waals surface area contributed by atoms with E-state index in [4.69, 9.17) is 11.6 Å². The van der Waals surface area contributed by atoms with E-state index in [9.17, 15) is 0 Å². The maximum absolute atomic E-state index is 6.13. The molecular weight excluding hydrogens is 218 g/mol. The van der Waals surface area contributed by atoms with Crippen molar-refractivity contribution in [3.63, 3.8) is 0 Å². The van der Waals surface area contributed by atoms with Gasteiger partial charge in [-0.15, -0.1) is 0 Å². The van der Waals surface area contributed by atoms with E-state index in [1.807, 2.05) is 18.2 Å². The first kappa shape index (κ1) is 13.5. The first-order valence-corrected chi connectivity index (χ1v) is 6.29. The second kappa shape index (κ2) is 5.70. The zero-order valence-electron chi connectivity index (χ0n) is 10.7. The number of halogens is 1. The van der Waals surface area contributed by atoms with Gasteiger partial charge < -0.3 is 5.32 Å². The molecule has 1 N–H and O–H groups in total. The third-order valence-electron chi connectivity index (χ3n) is 2.95. The molecule has 0 radical (unpaired) electrons. The topological polar surface area (TPSA) is 12.0 Å². The van der Waals surface area contributed by atoms with Gasteiger partial charge in [0.25, 0.3) is 0 Å². The van der Waals surface area contributed by atoms with Crippen LogP contribution in [0.15, 0.2) is 24.3 Å². The predicted octanol–water partition coefficient (Wildman–Crippen LogP) is 4.25. The SMILES string of the molecule is CC[C@H](NCc1ccccc1Cl)C(C)(C)C. The molecular formula is C14H22ClN. The van der Waals surface area contributed by atoms with Crippen LogP contribution in [0.1, 0.15) is 39.7 Å². The molecule has 1 rings (SSSR count). The van der Waals surface area contributed by atoms with Gasteiger partial charge in [-0.25, -0.2) is 0 Å². The van der Waals surface area contributed by atoms with Crippen LogP contribution in [0.3, 0.4) is 0 Å². The molecule has 1 aromatic rings. The maximum atomic E-state index is 6.13. The van der Waals surface area contributed by atoms with Crippen molar-refractivity contribution in [3.8, 4) is 0 Å². The van der Waals surface area contributed by atoms with Crippen molar-refractivity contribution in [2.45, 2.75) is 46.7 Å². The van der Waals surface area contributed by atoms with Gasteiger partial charge in [0, 0.05) is 17.6 Å². The lowest BCUT2D eigenvalue weighted by Crippen LogP contribution is -2.39. The van der Waals surface area contributed by atoms with E-state index in [1.165, 1.54) is 5.56 Å². The highest BCUT2D eigenvalue weighted by Crippen LogP contribution is 2.22. The van der Waals surface area contributed by atoms with Crippen molar-refractivity contribution < 1.29 is 0 Å². The van der Waals surface area contributed by atoms with Crippen molar-refractivity contribution in [2.24, 2.45) is 5.41 Å². The average molecular weight is 240 g/mol. The lowest BCUT2D eigenvalue weighted by Gasteiger charge is -2.31. The molecule has 0 saturated carbocycles. The normalized spacial score (nSPS) is 13.8. The van der Waals surface area contributed by atoms with Gasteiger partial charge in [-0.1, -0.05) is 57.5 Å². The highest BCUT2D eigenvalue weighted by molar-refractivity contribution is 6.31. The van der Waals surface area contributed by atoms with Gasteiger partial charge in [0.05, 0.1) is 0 Å². The zero-order chi connectivity index (χ0) is 12.2. The Labute approximate surface area is 104 Å². The summed E-state index contributed by atoms with van der Waals surface area (Å²) in [6.45, 7) is 9.85. The van der Waals surface area contributed by atoms with Gasteiger partial charge in [-0.2, -0.15) is 0 Å². The molecule has 0 aliphatic rings. The van der Waals surface area contributed by atoms with E-state index in [0.29, 0.717) is 6.04 Å². The molecule has 0 unspecified atom stereocenters. The molecule has 0 fully saturated rings. The fourth-order valence-electron chi connectivity index (χ4n) is 1.94. The van der Waals surface area contributed by atoms with Crippen molar-refractivity contribution in [1.82, 2.24) is 5.32 Å². The third-order valence-corrected chi connectivity index (χ3v) is 3.32. The fraction of sp³-hybridized carbons (Fsp3) is 0.571. The molecule has 1 atom stereocenters. The first-order valence-electron chi connectivity index (χ1n) is 5.92. The molecule has 1 aromatic carbocycles. The van der Waals surface area contributed by atoms with Gasteiger partial charge in [-0.05, 0) is 23.5 Å². The minimum Gasteiger partial charge on any atom is -0.309 e. The Kier molecular flexibility index (Phi) is 4.82. The summed E-state index contributed by atoms with van der Waals surface area (Å²) >= 11 is 6.13. The number of nitrogens with one attached hydrogen (secondary N) is 1. The van der Waals surface area contributed by atoms with Crippen LogP contribution in [-0.4, -0.2) is 6.04 Å².